The van der Waals surface area contributed by atoms with Gasteiger partial charge in [0.1, 0.15) is 11.3 Å². The summed E-state index contributed by atoms with van der Waals surface area (Å²) in [5, 5.41) is 24.3. The van der Waals surface area contributed by atoms with Crippen molar-refractivity contribution >= 4 is 23.3 Å². The molecule has 0 atom stereocenters. The van der Waals surface area contributed by atoms with Crippen molar-refractivity contribution in [3.8, 4) is 17.1 Å². The first-order chi connectivity index (χ1) is 12.4. The number of nitro groups is 1. The molecule has 1 aromatic heterocycles. The van der Waals surface area contributed by atoms with Crippen LogP contribution in [0.1, 0.15) is 16.2 Å². The number of nitro benzene ring substituents is 1. The van der Waals surface area contributed by atoms with Crippen LogP contribution < -0.4 is 0 Å². The number of phenols is 1. The lowest BCUT2D eigenvalue weighted by Gasteiger charge is -2.04. The Morgan fingerprint density at radius 2 is 2.00 bits per heavy atom. The van der Waals surface area contributed by atoms with E-state index >= 15 is 0 Å². The number of phenolic OH excluding ortho intramolecular Hbond substituents is 1. The zero-order valence-corrected chi connectivity index (χ0v) is 13.7. The van der Waals surface area contributed by atoms with Crippen molar-refractivity contribution in [1.29, 1.82) is 0 Å². The molecule has 0 fully saturated rings. The van der Waals surface area contributed by atoms with Crippen LogP contribution in [-0.4, -0.2) is 26.1 Å². The second-order valence-corrected chi connectivity index (χ2v) is 5.49. The minimum absolute atomic E-state index is 0.0279. The Balaban J connectivity index is 1.66. The summed E-state index contributed by atoms with van der Waals surface area (Å²) in [5.41, 5.74) is 0.394. The van der Waals surface area contributed by atoms with Gasteiger partial charge in [0.05, 0.1) is 4.92 Å². The van der Waals surface area contributed by atoms with E-state index in [1.54, 1.807) is 0 Å². The average Bonchev–Trinajstić information content (AvgIpc) is 3.09. The standard InChI is InChI=1S/C16H10ClN3O6/c17-10-3-6-12(13(21)7-10)16(22)25-8-14-18-15(19-26-14)9-1-4-11(5-2-9)20(23)24/h1-7,21H,8H2. The number of hydrogen-bond acceptors (Lipinski definition) is 8. The van der Waals surface area contributed by atoms with E-state index < -0.39 is 10.9 Å². The number of hydrogen-bond donors (Lipinski definition) is 1. The SMILES string of the molecule is O=C(OCc1nc(-c2ccc([N+](=O)[O-])cc2)no1)c1ccc(Cl)cc1O. The van der Waals surface area contributed by atoms with Gasteiger partial charge in [0.15, 0.2) is 6.61 Å². The fraction of sp³-hybridized carbons (Fsp3) is 0.0625. The first kappa shape index (κ1) is 17.4. The van der Waals surface area contributed by atoms with Crippen molar-refractivity contribution in [3.05, 3.63) is 69.1 Å². The number of esters is 1. The van der Waals surface area contributed by atoms with Crippen molar-refractivity contribution in [2.24, 2.45) is 0 Å². The van der Waals surface area contributed by atoms with Gasteiger partial charge in [-0.15, -0.1) is 0 Å². The van der Waals surface area contributed by atoms with Crippen LogP contribution in [0.25, 0.3) is 11.4 Å². The quantitative estimate of drug-likeness (QED) is 0.408. The van der Waals surface area contributed by atoms with Gasteiger partial charge in [0, 0.05) is 22.7 Å². The van der Waals surface area contributed by atoms with E-state index in [0.29, 0.717) is 5.56 Å². The number of rotatable bonds is 5. The summed E-state index contributed by atoms with van der Waals surface area (Å²) in [6.07, 6.45) is 0. The van der Waals surface area contributed by atoms with Crippen LogP contribution in [0, 0.1) is 10.1 Å². The van der Waals surface area contributed by atoms with Crippen LogP contribution >= 0.6 is 11.6 Å². The number of benzene rings is 2. The Bertz CT molecular complexity index is 970. The third-order valence-corrected chi connectivity index (χ3v) is 3.55. The molecule has 3 rings (SSSR count). The molecule has 2 aromatic carbocycles. The van der Waals surface area contributed by atoms with Crippen molar-refractivity contribution < 1.29 is 24.1 Å². The van der Waals surface area contributed by atoms with Crippen LogP contribution in [0.2, 0.25) is 5.02 Å². The highest BCUT2D eigenvalue weighted by Gasteiger charge is 2.16. The van der Waals surface area contributed by atoms with Gasteiger partial charge in [-0.3, -0.25) is 10.1 Å². The lowest BCUT2D eigenvalue weighted by Crippen LogP contribution is -2.05. The largest absolute Gasteiger partial charge is 0.507 e. The molecule has 1 heterocycles. The van der Waals surface area contributed by atoms with Crippen molar-refractivity contribution in [3.63, 3.8) is 0 Å². The summed E-state index contributed by atoms with van der Waals surface area (Å²) >= 11 is 5.70. The van der Waals surface area contributed by atoms with Gasteiger partial charge >= 0.3 is 5.97 Å². The fourth-order valence-electron chi connectivity index (χ4n) is 2.05. The smallest absolute Gasteiger partial charge is 0.342 e. The summed E-state index contributed by atoms with van der Waals surface area (Å²) in [4.78, 5) is 26.1. The number of carbonyl (C=O) groups excluding carboxylic acids is 1. The van der Waals surface area contributed by atoms with Crippen LogP contribution in [0.3, 0.4) is 0 Å². The second kappa shape index (κ2) is 7.19. The fourth-order valence-corrected chi connectivity index (χ4v) is 2.21. The van der Waals surface area contributed by atoms with Crippen LogP contribution in [0.4, 0.5) is 5.69 Å². The van der Waals surface area contributed by atoms with E-state index in [-0.39, 0.29) is 40.3 Å². The zero-order chi connectivity index (χ0) is 18.7. The molecule has 0 aliphatic heterocycles. The Morgan fingerprint density at radius 1 is 1.27 bits per heavy atom. The molecule has 0 aliphatic rings. The average molecular weight is 376 g/mol. The van der Waals surface area contributed by atoms with Crippen molar-refractivity contribution in [2.45, 2.75) is 6.61 Å². The Labute approximate surface area is 150 Å². The highest BCUT2D eigenvalue weighted by atomic mass is 35.5. The molecule has 0 spiro atoms. The molecule has 0 bridgehead atoms. The second-order valence-electron chi connectivity index (χ2n) is 5.05. The molecular formula is C16H10ClN3O6. The molecule has 0 aliphatic carbocycles. The molecule has 132 valence electrons. The molecule has 0 unspecified atom stereocenters. The Morgan fingerprint density at radius 3 is 2.65 bits per heavy atom. The summed E-state index contributed by atoms with van der Waals surface area (Å²) in [5.74, 6) is -0.866. The van der Waals surface area contributed by atoms with Crippen molar-refractivity contribution in [2.75, 3.05) is 0 Å². The third-order valence-electron chi connectivity index (χ3n) is 3.31. The number of halogens is 1. The van der Waals surface area contributed by atoms with Crippen LogP contribution in [0.5, 0.6) is 5.75 Å². The number of carbonyl (C=O) groups is 1. The Kier molecular flexibility index (Phi) is 4.81. The highest BCUT2D eigenvalue weighted by Crippen LogP contribution is 2.23. The minimum atomic E-state index is -0.783. The number of nitrogens with zero attached hydrogens (tertiary/aromatic N) is 3. The van der Waals surface area contributed by atoms with E-state index in [1.165, 1.54) is 42.5 Å². The first-order valence-electron chi connectivity index (χ1n) is 7.17. The maximum Gasteiger partial charge on any atom is 0.342 e. The van der Waals surface area contributed by atoms with E-state index in [9.17, 15) is 20.0 Å². The highest BCUT2D eigenvalue weighted by molar-refractivity contribution is 6.30. The van der Waals surface area contributed by atoms with Gasteiger partial charge in [0.2, 0.25) is 5.82 Å². The number of non-ortho nitro benzene ring substituents is 1. The van der Waals surface area contributed by atoms with Gasteiger partial charge in [-0.25, -0.2) is 4.79 Å². The van der Waals surface area contributed by atoms with Gasteiger partial charge in [0.25, 0.3) is 11.6 Å². The van der Waals surface area contributed by atoms with E-state index in [4.69, 9.17) is 20.9 Å². The summed E-state index contributed by atoms with van der Waals surface area (Å²) in [6.45, 7) is -0.305. The minimum Gasteiger partial charge on any atom is -0.507 e. The predicted octanol–water partition coefficient (Wildman–Crippen LogP) is 3.36. The topological polar surface area (TPSA) is 129 Å². The van der Waals surface area contributed by atoms with Crippen LogP contribution in [-0.2, 0) is 11.3 Å². The van der Waals surface area contributed by atoms with E-state index in [1.807, 2.05) is 0 Å². The summed E-state index contributed by atoms with van der Waals surface area (Å²) < 4.78 is 9.98. The first-order valence-corrected chi connectivity index (χ1v) is 7.55. The van der Waals surface area contributed by atoms with E-state index in [2.05, 4.69) is 10.1 Å². The van der Waals surface area contributed by atoms with Crippen LogP contribution in [0.15, 0.2) is 47.0 Å². The molecule has 9 nitrogen and oxygen atoms in total. The maximum atomic E-state index is 11.9. The predicted molar refractivity (Wildman–Crippen MR) is 88.6 cm³/mol. The van der Waals surface area contributed by atoms with Gasteiger partial charge in [-0.2, -0.15) is 4.98 Å². The zero-order valence-electron chi connectivity index (χ0n) is 13.0. The molecule has 3 aromatic rings. The monoisotopic (exact) mass is 375 g/mol. The molecular weight excluding hydrogens is 366 g/mol. The molecule has 0 amide bonds. The van der Waals surface area contributed by atoms with Crippen molar-refractivity contribution in [1.82, 2.24) is 10.1 Å². The third kappa shape index (κ3) is 3.78. The molecule has 10 heteroatoms. The lowest BCUT2D eigenvalue weighted by molar-refractivity contribution is -0.384. The van der Waals surface area contributed by atoms with Gasteiger partial charge in [-0.05, 0) is 30.3 Å². The van der Waals surface area contributed by atoms with Gasteiger partial charge in [-0.1, -0.05) is 16.8 Å². The summed E-state index contributed by atoms with van der Waals surface area (Å²) in [6, 6.07) is 9.57. The number of ether oxygens (including phenoxy) is 1. The Hall–Kier alpha value is -3.46. The van der Waals surface area contributed by atoms with E-state index in [0.717, 1.165) is 0 Å². The summed E-state index contributed by atoms with van der Waals surface area (Å²) in [7, 11) is 0. The molecule has 0 radical (unpaired) electrons. The molecule has 0 saturated heterocycles. The molecule has 26 heavy (non-hydrogen) atoms. The lowest BCUT2D eigenvalue weighted by atomic mass is 10.2. The van der Waals surface area contributed by atoms with Gasteiger partial charge < -0.3 is 14.4 Å². The molecule has 0 saturated carbocycles. The molecule has 1 N–H and O–H groups in total. The number of aromatic hydroxyl groups is 1. The number of aromatic nitrogens is 2. The maximum absolute atomic E-state index is 11.9. The normalized spacial score (nSPS) is 10.5.